The molecule has 102 valence electrons. The molecule has 0 spiro atoms. The van der Waals surface area contributed by atoms with Crippen molar-refractivity contribution in [2.45, 2.75) is 6.18 Å². The van der Waals surface area contributed by atoms with Gasteiger partial charge < -0.3 is 0 Å². The van der Waals surface area contributed by atoms with Crippen LogP contribution < -0.4 is 0 Å². The normalized spacial score (nSPS) is 20.7. The first-order valence-corrected chi connectivity index (χ1v) is 7.22. The van der Waals surface area contributed by atoms with Gasteiger partial charge in [0, 0.05) is 32.1 Å². The second-order valence-corrected chi connectivity index (χ2v) is 6.26. The minimum absolute atomic E-state index is 0.00883. The van der Waals surface area contributed by atoms with Gasteiger partial charge in [-0.15, -0.1) is 11.6 Å². The Labute approximate surface area is 103 Å². The van der Waals surface area contributed by atoms with Crippen molar-refractivity contribution in [3.05, 3.63) is 0 Å². The number of hydrogen-bond acceptors (Lipinski definition) is 3. The number of alkyl halides is 4. The van der Waals surface area contributed by atoms with E-state index in [9.17, 15) is 21.6 Å². The molecule has 4 nitrogen and oxygen atoms in total. The number of sulfonamides is 1. The van der Waals surface area contributed by atoms with E-state index in [0.717, 1.165) is 0 Å². The summed E-state index contributed by atoms with van der Waals surface area (Å²) >= 11 is 5.36. The largest absolute Gasteiger partial charge is 0.401 e. The maximum Gasteiger partial charge on any atom is 0.401 e. The molecule has 9 heteroatoms. The molecule has 1 saturated heterocycles. The molecule has 1 fully saturated rings. The van der Waals surface area contributed by atoms with Crippen LogP contribution in [0, 0.1) is 0 Å². The van der Waals surface area contributed by atoms with Crippen molar-refractivity contribution in [2.24, 2.45) is 0 Å². The van der Waals surface area contributed by atoms with E-state index in [-0.39, 0.29) is 37.8 Å². The molecule has 0 aromatic heterocycles. The SMILES string of the molecule is O=S(=O)(CCCl)N1CCN(CC(F)(F)F)CC1. The van der Waals surface area contributed by atoms with E-state index in [1.807, 2.05) is 0 Å². The van der Waals surface area contributed by atoms with Crippen molar-refractivity contribution in [3.63, 3.8) is 0 Å². The molecular formula is C8H14ClF3N2O2S. The molecule has 1 rings (SSSR count). The Morgan fingerprint density at radius 3 is 2.06 bits per heavy atom. The fourth-order valence-electron chi connectivity index (χ4n) is 1.65. The third-order valence-electron chi connectivity index (χ3n) is 2.46. The summed E-state index contributed by atoms with van der Waals surface area (Å²) in [5.74, 6) is -0.182. The first kappa shape index (κ1) is 15.0. The minimum Gasteiger partial charge on any atom is -0.292 e. The molecule has 0 unspecified atom stereocenters. The first-order chi connectivity index (χ1) is 7.74. The Kier molecular flexibility index (Phi) is 5.06. The lowest BCUT2D eigenvalue weighted by Crippen LogP contribution is -2.51. The number of hydrogen-bond donors (Lipinski definition) is 0. The van der Waals surface area contributed by atoms with Crippen LogP contribution in [0.2, 0.25) is 0 Å². The highest BCUT2D eigenvalue weighted by molar-refractivity contribution is 7.89. The quantitative estimate of drug-likeness (QED) is 0.718. The van der Waals surface area contributed by atoms with Crippen LogP contribution in [0.1, 0.15) is 0 Å². The van der Waals surface area contributed by atoms with Gasteiger partial charge in [0.15, 0.2) is 0 Å². The topological polar surface area (TPSA) is 40.6 Å². The molecule has 0 aromatic rings. The summed E-state index contributed by atoms with van der Waals surface area (Å²) < 4.78 is 60.7. The number of rotatable bonds is 4. The Balaban J connectivity index is 2.46. The van der Waals surface area contributed by atoms with Gasteiger partial charge in [-0.3, -0.25) is 4.90 Å². The Morgan fingerprint density at radius 1 is 1.12 bits per heavy atom. The average Bonchev–Trinajstić information content (AvgIpc) is 2.15. The van der Waals surface area contributed by atoms with Crippen LogP contribution in [0.5, 0.6) is 0 Å². The second-order valence-electron chi connectivity index (χ2n) is 3.80. The third kappa shape index (κ3) is 4.99. The predicted octanol–water partition coefficient (Wildman–Crippen LogP) is 0.735. The highest BCUT2D eigenvalue weighted by Crippen LogP contribution is 2.18. The molecule has 0 atom stereocenters. The molecule has 0 radical (unpaired) electrons. The Morgan fingerprint density at radius 2 is 1.65 bits per heavy atom. The average molecular weight is 295 g/mol. The summed E-state index contributed by atoms with van der Waals surface area (Å²) in [6.07, 6.45) is -4.24. The van der Waals surface area contributed by atoms with E-state index >= 15 is 0 Å². The highest BCUT2D eigenvalue weighted by Gasteiger charge is 2.34. The van der Waals surface area contributed by atoms with E-state index in [4.69, 9.17) is 11.6 Å². The molecule has 0 N–H and O–H groups in total. The molecule has 0 amide bonds. The molecule has 1 heterocycles. The van der Waals surface area contributed by atoms with Crippen LogP contribution in [0.15, 0.2) is 0 Å². The summed E-state index contributed by atoms with van der Waals surface area (Å²) in [6, 6.07) is 0. The van der Waals surface area contributed by atoms with Crippen LogP contribution >= 0.6 is 11.6 Å². The molecule has 0 aliphatic carbocycles. The predicted molar refractivity (Wildman–Crippen MR) is 58.6 cm³/mol. The zero-order valence-electron chi connectivity index (χ0n) is 9.08. The van der Waals surface area contributed by atoms with E-state index in [2.05, 4.69) is 0 Å². The molecule has 0 bridgehead atoms. The van der Waals surface area contributed by atoms with E-state index < -0.39 is 22.7 Å². The van der Waals surface area contributed by atoms with Crippen molar-refractivity contribution in [2.75, 3.05) is 44.4 Å². The van der Waals surface area contributed by atoms with Gasteiger partial charge in [-0.2, -0.15) is 17.5 Å². The lowest BCUT2D eigenvalue weighted by Gasteiger charge is -2.34. The lowest BCUT2D eigenvalue weighted by molar-refractivity contribution is -0.148. The standard InChI is InChI=1S/C8H14ClF3N2O2S/c9-1-6-17(15,16)14-4-2-13(3-5-14)7-8(10,11)12/h1-7H2. The fourth-order valence-corrected chi connectivity index (χ4v) is 3.40. The zero-order valence-corrected chi connectivity index (χ0v) is 10.7. The summed E-state index contributed by atoms with van der Waals surface area (Å²) in [5, 5.41) is 0. The number of halogens is 4. The lowest BCUT2D eigenvalue weighted by atomic mass is 10.3. The van der Waals surface area contributed by atoms with Crippen LogP contribution in [-0.4, -0.2) is 68.2 Å². The van der Waals surface area contributed by atoms with Gasteiger partial charge in [-0.25, -0.2) is 8.42 Å². The number of nitrogens with zero attached hydrogens (tertiary/aromatic N) is 2. The van der Waals surface area contributed by atoms with Crippen LogP contribution in [-0.2, 0) is 10.0 Å². The summed E-state index contributed by atoms with van der Waals surface area (Å²) in [4.78, 5) is 1.20. The summed E-state index contributed by atoms with van der Waals surface area (Å²) in [6.45, 7) is -0.608. The van der Waals surface area contributed by atoms with Crippen molar-refractivity contribution < 1.29 is 21.6 Å². The molecule has 1 aliphatic rings. The maximum atomic E-state index is 12.1. The molecule has 0 aromatic carbocycles. The van der Waals surface area contributed by atoms with Gasteiger partial charge in [0.05, 0.1) is 12.3 Å². The van der Waals surface area contributed by atoms with Crippen molar-refractivity contribution in [1.29, 1.82) is 0 Å². The molecule has 17 heavy (non-hydrogen) atoms. The van der Waals surface area contributed by atoms with Crippen LogP contribution in [0.25, 0.3) is 0 Å². The second kappa shape index (κ2) is 5.73. The minimum atomic E-state index is -4.24. The molecule has 0 saturated carbocycles. The zero-order chi connectivity index (χ0) is 13.1. The Hall–Kier alpha value is -0.0500. The molecule has 1 aliphatic heterocycles. The van der Waals surface area contributed by atoms with Crippen LogP contribution in [0.4, 0.5) is 13.2 Å². The summed E-state index contributed by atoms with van der Waals surface area (Å²) in [5.41, 5.74) is 0. The number of piperazine rings is 1. The van der Waals surface area contributed by atoms with Gasteiger partial charge in [0.2, 0.25) is 10.0 Å². The van der Waals surface area contributed by atoms with Gasteiger partial charge >= 0.3 is 6.18 Å². The fraction of sp³-hybridized carbons (Fsp3) is 1.00. The van der Waals surface area contributed by atoms with Crippen LogP contribution in [0.3, 0.4) is 0 Å². The van der Waals surface area contributed by atoms with E-state index in [0.29, 0.717) is 0 Å². The summed E-state index contributed by atoms with van der Waals surface area (Å²) in [7, 11) is -3.41. The van der Waals surface area contributed by atoms with E-state index in [1.54, 1.807) is 0 Å². The third-order valence-corrected chi connectivity index (χ3v) is 4.75. The first-order valence-electron chi connectivity index (χ1n) is 5.07. The van der Waals surface area contributed by atoms with Gasteiger partial charge in [0.25, 0.3) is 0 Å². The molecular weight excluding hydrogens is 281 g/mol. The van der Waals surface area contributed by atoms with Crippen molar-refractivity contribution in [3.8, 4) is 0 Å². The highest BCUT2D eigenvalue weighted by atomic mass is 35.5. The Bertz CT molecular complexity index is 339. The van der Waals surface area contributed by atoms with Gasteiger partial charge in [0.1, 0.15) is 0 Å². The van der Waals surface area contributed by atoms with Crippen molar-refractivity contribution >= 4 is 21.6 Å². The smallest absolute Gasteiger partial charge is 0.292 e. The maximum absolute atomic E-state index is 12.1. The van der Waals surface area contributed by atoms with Gasteiger partial charge in [-0.1, -0.05) is 0 Å². The van der Waals surface area contributed by atoms with E-state index in [1.165, 1.54) is 9.21 Å². The van der Waals surface area contributed by atoms with Gasteiger partial charge in [-0.05, 0) is 0 Å². The van der Waals surface area contributed by atoms with Crippen molar-refractivity contribution in [1.82, 2.24) is 9.21 Å². The monoisotopic (exact) mass is 294 g/mol.